The quantitative estimate of drug-likeness (QED) is 0.696. The van der Waals surface area contributed by atoms with Crippen LogP contribution in [0.15, 0.2) is 48.5 Å². The number of rotatable bonds is 6. The zero-order chi connectivity index (χ0) is 18.5. The number of carbonyl (C=O) groups excluding carboxylic acids is 1. The van der Waals surface area contributed by atoms with Gasteiger partial charge in [0.1, 0.15) is 22.1 Å². The number of ether oxygens (including phenoxy) is 2. The summed E-state index contributed by atoms with van der Waals surface area (Å²) in [5.41, 5.74) is 8.86. The smallest absolute Gasteiger partial charge is 0.265 e. The van der Waals surface area contributed by atoms with Crippen molar-refractivity contribution in [2.45, 2.75) is 6.54 Å². The molecule has 134 valence electrons. The Hall–Kier alpha value is -3.06. The van der Waals surface area contributed by atoms with E-state index >= 15 is 0 Å². The van der Waals surface area contributed by atoms with Gasteiger partial charge < -0.3 is 20.5 Å². The average molecular weight is 369 g/mol. The predicted octanol–water partition coefficient (Wildman–Crippen LogP) is 3.34. The fourth-order valence-electron chi connectivity index (χ4n) is 2.54. The number of amides is 1. The summed E-state index contributed by atoms with van der Waals surface area (Å²) in [4.78, 5) is 12.9. The first kappa shape index (κ1) is 17.8. The highest BCUT2D eigenvalue weighted by atomic mass is 32.1. The third-order valence-corrected chi connectivity index (χ3v) is 4.77. The van der Waals surface area contributed by atoms with Gasteiger partial charge in [-0.05, 0) is 29.7 Å². The van der Waals surface area contributed by atoms with Crippen molar-refractivity contribution >= 4 is 23.1 Å². The molecule has 0 aliphatic rings. The molecule has 6 nitrogen and oxygen atoms in total. The van der Waals surface area contributed by atoms with Gasteiger partial charge in [0, 0.05) is 17.7 Å². The molecule has 0 bridgehead atoms. The minimum atomic E-state index is -0.271. The molecule has 2 aromatic carbocycles. The summed E-state index contributed by atoms with van der Waals surface area (Å²) in [5, 5.41) is 2.86. The molecule has 0 unspecified atom stereocenters. The van der Waals surface area contributed by atoms with E-state index in [2.05, 4.69) is 9.69 Å². The highest BCUT2D eigenvalue weighted by Gasteiger charge is 2.18. The van der Waals surface area contributed by atoms with Crippen molar-refractivity contribution in [1.82, 2.24) is 9.69 Å². The second kappa shape index (κ2) is 7.88. The molecule has 1 heterocycles. The Morgan fingerprint density at radius 2 is 1.92 bits per heavy atom. The first-order valence-corrected chi connectivity index (χ1v) is 8.71. The molecule has 3 rings (SSSR count). The van der Waals surface area contributed by atoms with Crippen LogP contribution in [0.2, 0.25) is 0 Å². The molecule has 0 saturated heterocycles. The third-order valence-electron chi connectivity index (χ3n) is 3.91. The second-order valence-electron chi connectivity index (χ2n) is 5.50. The van der Waals surface area contributed by atoms with Crippen LogP contribution in [-0.4, -0.2) is 24.5 Å². The van der Waals surface area contributed by atoms with E-state index in [9.17, 15) is 4.79 Å². The van der Waals surface area contributed by atoms with Crippen LogP contribution in [0.1, 0.15) is 15.2 Å². The monoisotopic (exact) mass is 369 g/mol. The van der Waals surface area contributed by atoms with Gasteiger partial charge in [0.25, 0.3) is 5.91 Å². The van der Waals surface area contributed by atoms with Crippen LogP contribution in [0.5, 0.6) is 11.5 Å². The van der Waals surface area contributed by atoms with Crippen molar-refractivity contribution in [1.29, 1.82) is 0 Å². The highest BCUT2D eigenvalue weighted by Crippen LogP contribution is 2.31. The SMILES string of the molecule is COc1ccc(OC)c(CNC(=O)c2snc(-c3ccccc3)c2N)c1. The molecule has 1 aromatic heterocycles. The molecule has 0 atom stereocenters. The number of benzene rings is 2. The predicted molar refractivity (Wildman–Crippen MR) is 103 cm³/mol. The Kier molecular flexibility index (Phi) is 5.38. The van der Waals surface area contributed by atoms with Crippen molar-refractivity contribution in [3.8, 4) is 22.8 Å². The molecule has 26 heavy (non-hydrogen) atoms. The Morgan fingerprint density at radius 1 is 1.15 bits per heavy atom. The number of nitrogen functional groups attached to an aromatic ring is 1. The molecule has 3 aromatic rings. The van der Waals surface area contributed by atoms with Crippen molar-refractivity contribution in [3.63, 3.8) is 0 Å². The number of methoxy groups -OCH3 is 2. The van der Waals surface area contributed by atoms with Gasteiger partial charge in [0.2, 0.25) is 0 Å². The van der Waals surface area contributed by atoms with Crippen LogP contribution in [0, 0.1) is 0 Å². The summed E-state index contributed by atoms with van der Waals surface area (Å²) in [7, 11) is 3.17. The fourth-order valence-corrected chi connectivity index (χ4v) is 3.28. The van der Waals surface area contributed by atoms with E-state index in [1.165, 1.54) is 0 Å². The highest BCUT2D eigenvalue weighted by molar-refractivity contribution is 7.09. The Morgan fingerprint density at radius 3 is 2.62 bits per heavy atom. The Bertz CT molecular complexity index is 910. The van der Waals surface area contributed by atoms with Crippen LogP contribution in [-0.2, 0) is 6.54 Å². The van der Waals surface area contributed by atoms with Gasteiger partial charge in [-0.1, -0.05) is 30.3 Å². The molecule has 0 spiro atoms. The molecule has 0 radical (unpaired) electrons. The van der Waals surface area contributed by atoms with Gasteiger partial charge in [-0.3, -0.25) is 4.79 Å². The van der Waals surface area contributed by atoms with Gasteiger partial charge >= 0.3 is 0 Å². The van der Waals surface area contributed by atoms with Gasteiger partial charge in [-0.25, -0.2) is 0 Å². The summed E-state index contributed by atoms with van der Waals surface area (Å²) < 4.78 is 14.9. The second-order valence-corrected chi connectivity index (χ2v) is 6.27. The fraction of sp³-hybridized carbons (Fsp3) is 0.158. The molecule has 0 saturated carbocycles. The normalized spacial score (nSPS) is 10.4. The molecule has 0 aliphatic carbocycles. The summed E-state index contributed by atoms with van der Waals surface area (Å²) in [6, 6.07) is 15.0. The lowest BCUT2D eigenvalue weighted by atomic mass is 10.1. The zero-order valence-corrected chi connectivity index (χ0v) is 15.3. The number of nitrogens with two attached hydrogens (primary N) is 1. The molecule has 0 fully saturated rings. The van der Waals surface area contributed by atoms with Gasteiger partial charge in [-0.2, -0.15) is 4.37 Å². The topological polar surface area (TPSA) is 86.5 Å². The molecule has 7 heteroatoms. The van der Waals surface area contributed by atoms with E-state index in [1.54, 1.807) is 26.4 Å². The van der Waals surface area contributed by atoms with Crippen LogP contribution >= 0.6 is 11.5 Å². The van der Waals surface area contributed by atoms with Crippen molar-refractivity contribution in [2.24, 2.45) is 0 Å². The van der Waals surface area contributed by atoms with E-state index in [1.807, 2.05) is 36.4 Å². The number of anilines is 1. The summed E-state index contributed by atoms with van der Waals surface area (Å²) in [6.45, 7) is 0.289. The summed E-state index contributed by atoms with van der Waals surface area (Å²) in [5.74, 6) is 1.10. The van der Waals surface area contributed by atoms with Gasteiger partial charge in [0.15, 0.2) is 0 Å². The first-order chi connectivity index (χ1) is 12.6. The number of nitrogens with one attached hydrogen (secondary N) is 1. The minimum absolute atomic E-state index is 0.271. The van der Waals surface area contributed by atoms with Crippen molar-refractivity contribution < 1.29 is 14.3 Å². The van der Waals surface area contributed by atoms with Crippen molar-refractivity contribution in [2.75, 3.05) is 20.0 Å². The van der Waals surface area contributed by atoms with Crippen LogP contribution in [0.25, 0.3) is 11.3 Å². The molecular weight excluding hydrogens is 350 g/mol. The van der Waals surface area contributed by atoms with Gasteiger partial charge in [-0.15, -0.1) is 0 Å². The number of hydrogen-bond donors (Lipinski definition) is 2. The third kappa shape index (κ3) is 3.62. The zero-order valence-electron chi connectivity index (χ0n) is 14.5. The molecule has 3 N–H and O–H groups in total. The number of hydrogen-bond acceptors (Lipinski definition) is 6. The Labute approximate surface area is 155 Å². The molecule has 0 aliphatic heterocycles. The number of nitrogens with zero attached hydrogens (tertiary/aromatic N) is 1. The van der Waals surface area contributed by atoms with Crippen LogP contribution in [0.3, 0.4) is 0 Å². The average Bonchev–Trinajstić information content (AvgIpc) is 3.08. The van der Waals surface area contributed by atoms with Crippen molar-refractivity contribution in [3.05, 3.63) is 59.0 Å². The summed E-state index contributed by atoms with van der Waals surface area (Å²) >= 11 is 1.09. The standard InChI is InChI=1S/C19H19N3O3S/c1-24-14-8-9-15(25-2)13(10-14)11-21-19(23)18-16(20)17(22-26-18)12-6-4-3-5-7-12/h3-10H,11,20H2,1-2H3,(H,21,23). The Balaban J connectivity index is 1.77. The maximum atomic E-state index is 12.5. The van der Waals surface area contributed by atoms with Crippen LogP contribution < -0.4 is 20.5 Å². The lowest BCUT2D eigenvalue weighted by Crippen LogP contribution is -2.23. The first-order valence-electron chi connectivity index (χ1n) is 7.93. The maximum Gasteiger partial charge on any atom is 0.265 e. The van der Waals surface area contributed by atoms with E-state index in [4.69, 9.17) is 15.2 Å². The number of aromatic nitrogens is 1. The largest absolute Gasteiger partial charge is 0.497 e. The van der Waals surface area contributed by atoms with E-state index in [0.717, 1.165) is 22.7 Å². The molecule has 1 amide bonds. The summed E-state index contributed by atoms with van der Waals surface area (Å²) in [6.07, 6.45) is 0. The maximum absolute atomic E-state index is 12.5. The van der Waals surface area contributed by atoms with E-state index < -0.39 is 0 Å². The molecular formula is C19H19N3O3S. The lowest BCUT2D eigenvalue weighted by molar-refractivity contribution is 0.0955. The van der Waals surface area contributed by atoms with E-state index in [-0.39, 0.29) is 12.5 Å². The minimum Gasteiger partial charge on any atom is -0.497 e. The van der Waals surface area contributed by atoms with Gasteiger partial charge in [0.05, 0.1) is 19.9 Å². The van der Waals surface area contributed by atoms with Crippen LogP contribution in [0.4, 0.5) is 5.69 Å². The van der Waals surface area contributed by atoms with E-state index in [0.29, 0.717) is 27.8 Å². The number of carbonyl (C=O) groups is 1. The lowest BCUT2D eigenvalue weighted by Gasteiger charge is -2.11.